The molecule has 0 fully saturated rings. The number of hydrogen-bond donors (Lipinski definition) is 2. The van der Waals surface area contributed by atoms with E-state index in [0.717, 1.165) is 11.8 Å². The van der Waals surface area contributed by atoms with Gasteiger partial charge in [0.1, 0.15) is 5.82 Å². The van der Waals surface area contributed by atoms with Gasteiger partial charge in [-0.1, -0.05) is 35.9 Å². The van der Waals surface area contributed by atoms with Gasteiger partial charge in [0.25, 0.3) is 0 Å². The molecule has 0 aliphatic heterocycles. The molecule has 0 bridgehead atoms. The summed E-state index contributed by atoms with van der Waals surface area (Å²) in [5.74, 6) is -0.773. The zero-order valence-corrected chi connectivity index (χ0v) is 15.9. The molecule has 2 N–H and O–H groups in total. The number of rotatable bonds is 7. The minimum atomic E-state index is -3.55. The van der Waals surface area contributed by atoms with E-state index in [9.17, 15) is 17.6 Å². The Morgan fingerprint density at radius 1 is 1.08 bits per heavy atom. The van der Waals surface area contributed by atoms with Crippen LogP contribution in [0.1, 0.15) is 36.6 Å². The first kappa shape index (κ1) is 20.4. The standard InChI is InChI=1S/C18H20ClFN2O3S/c1-12(13-3-7-15(19)8-4-13)21-18(23)11-17(22-26(2,24)25)14-5-9-16(20)10-6-14/h3-10,12,17,22H,11H2,1-2H3,(H,21,23)/t12-,17+/m0/s1. The molecule has 0 heterocycles. The zero-order chi connectivity index (χ0) is 19.3. The summed E-state index contributed by atoms with van der Waals surface area (Å²) < 4.78 is 38.7. The number of benzene rings is 2. The van der Waals surface area contributed by atoms with Gasteiger partial charge in [-0.05, 0) is 42.3 Å². The van der Waals surface area contributed by atoms with Gasteiger partial charge in [-0.15, -0.1) is 0 Å². The molecule has 0 saturated carbocycles. The van der Waals surface area contributed by atoms with E-state index in [1.54, 1.807) is 24.3 Å². The first-order valence-electron chi connectivity index (χ1n) is 7.91. The van der Waals surface area contributed by atoms with Gasteiger partial charge in [-0.25, -0.2) is 17.5 Å². The van der Waals surface area contributed by atoms with Crippen LogP contribution in [0.25, 0.3) is 0 Å². The van der Waals surface area contributed by atoms with Crippen LogP contribution in [0.3, 0.4) is 0 Å². The van der Waals surface area contributed by atoms with E-state index >= 15 is 0 Å². The van der Waals surface area contributed by atoms with Crippen LogP contribution in [0, 0.1) is 5.82 Å². The molecule has 5 nitrogen and oxygen atoms in total. The van der Waals surface area contributed by atoms with E-state index in [0.29, 0.717) is 10.6 Å². The molecule has 0 aliphatic carbocycles. The van der Waals surface area contributed by atoms with Gasteiger partial charge in [0.2, 0.25) is 15.9 Å². The fourth-order valence-corrected chi connectivity index (χ4v) is 3.36. The van der Waals surface area contributed by atoms with Crippen LogP contribution in [-0.4, -0.2) is 20.6 Å². The monoisotopic (exact) mass is 398 g/mol. The highest BCUT2D eigenvalue weighted by Gasteiger charge is 2.21. The molecule has 2 atom stereocenters. The Labute approximate surface area is 157 Å². The number of halogens is 2. The second-order valence-corrected chi connectivity index (χ2v) is 8.26. The SMILES string of the molecule is C[C@H](NC(=O)C[C@@H](NS(C)(=O)=O)c1ccc(F)cc1)c1ccc(Cl)cc1. The molecule has 0 unspecified atom stereocenters. The lowest BCUT2D eigenvalue weighted by Gasteiger charge is -2.20. The molecule has 2 aromatic rings. The van der Waals surface area contributed by atoms with Gasteiger partial charge >= 0.3 is 0 Å². The highest BCUT2D eigenvalue weighted by molar-refractivity contribution is 7.88. The quantitative estimate of drug-likeness (QED) is 0.751. The third-order valence-corrected chi connectivity index (χ3v) is 4.73. The van der Waals surface area contributed by atoms with E-state index in [1.807, 2.05) is 6.92 Å². The second kappa shape index (κ2) is 8.62. The highest BCUT2D eigenvalue weighted by atomic mass is 35.5. The van der Waals surface area contributed by atoms with E-state index in [-0.39, 0.29) is 18.4 Å². The molecular formula is C18H20ClFN2O3S. The Kier molecular flexibility index (Phi) is 6.75. The van der Waals surface area contributed by atoms with E-state index in [2.05, 4.69) is 10.0 Å². The third kappa shape index (κ3) is 6.40. The molecule has 0 spiro atoms. The van der Waals surface area contributed by atoms with Crippen molar-refractivity contribution in [3.8, 4) is 0 Å². The van der Waals surface area contributed by atoms with Crippen molar-refractivity contribution in [1.29, 1.82) is 0 Å². The largest absolute Gasteiger partial charge is 0.350 e. The topological polar surface area (TPSA) is 75.3 Å². The number of carbonyl (C=O) groups is 1. The van der Waals surface area contributed by atoms with Crippen LogP contribution < -0.4 is 10.0 Å². The van der Waals surface area contributed by atoms with Gasteiger partial charge in [0.05, 0.1) is 18.3 Å². The molecule has 8 heteroatoms. The van der Waals surface area contributed by atoms with Gasteiger partial charge in [0.15, 0.2) is 0 Å². The Morgan fingerprint density at radius 3 is 2.15 bits per heavy atom. The molecular weight excluding hydrogens is 379 g/mol. The average molecular weight is 399 g/mol. The smallest absolute Gasteiger partial charge is 0.222 e. The first-order valence-corrected chi connectivity index (χ1v) is 10.2. The van der Waals surface area contributed by atoms with Crippen molar-refractivity contribution in [3.63, 3.8) is 0 Å². The molecule has 0 aliphatic rings. The first-order chi connectivity index (χ1) is 12.1. The van der Waals surface area contributed by atoms with Crippen molar-refractivity contribution < 1.29 is 17.6 Å². The maximum absolute atomic E-state index is 13.1. The Morgan fingerprint density at radius 2 is 1.62 bits per heavy atom. The maximum atomic E-state index is 13.1. The predicted molar refractivity (Wildman–Crippen MR) is 99.7 cm³/mol. The third-order valence-electron chi connectivity index (χ3n) is 3.77. The summed E-state index contributed by atoms with van der Waals surface area (Å²) in [7, 11) is -3.55. The normalized spacial score (nSPS) is 13.8. The summed E-state index contributed by atoms with van der Waals surface area (Å²) >= 11 is 5.85. The van der Waals surface area contributed by atoms with Crippen LogP contribution in [0.15, 0.2) is 48.5 Å². The average Bonchev–Trinajstić information content (AvgIpc) is 2.54. The van der Waals surface area contributed by atoms with Crippen molar-refractivity contribution >= 4 is 27.5 Å². The molecule has 26 heavy (non-hydrogen) atoms. The van der Waals surface area contributed by atoms with Gasteiger partial charge in [-0.3, -0.25) is 4.79 Å². The van der Waals surface area contributed by atoms with Crippen LogP contribution >= 0.6 is 11.6 Å². The molecule has 0 saturated heterocycles. The fraction of sp³-hybridized carbons (Fsp3) is 0.278. The number of sulfonamides is 1. The van der Waals surface area contributed by atoms with Crippen molar-refractivity contribution in [1.82, 2.24) is 10.0 Å². The number of nitrogens with one attached hydrogen (secondary N) is 2. The predicted octanol–water partition coefficient (Wildman–Crippen LogP) is 3.34. The molecule has 140 valence electrons. The van der Waals surface area contributed by atoms with E-state index in [4.69, 9.17) is 11.6 Å². The summed E-state index contributed by atoms with van der Waals surface area (Å²) in [5.41, 5.74) is 1.38. The lowest BCUT2D eigenvalue weighted by atomic mass is 10.0. The Bertz CT molecular complexity index is 855. The van der Waals surface area contributed by atoms with Gasteiger partial charge in [-0.2, -0.15) is 0 Å². The molecule has 2 aromatic carbocycles. The summed E-state index contributed by atoms with van der Waals surface area (Å²) in [4.78, 5) is 12.4. The number of hydrogen-bond acceptors (Lipinski definition) is 3. The van der Waals surface area contributed by atoms with Crippen molar-refractivity contribution in [3.05, 3.63) is 70.5 Å². The Hall–Kier alpha value is -1.96. The van der Waals surface area contributed by atoms with E-state index in [1.165, 1.54) is 24.3 Å². The molecule has 1 amide bonds. The molecule has 0 aromatic heterocycles. The van der Waals surface area contributed by atoms with Gasteiger partial charge in [0, 0.05) is 11.4 Å². The zero-order valence-electron chi connectivity index (χ0n) is 14.4. The molecule has 0 radical (unpaired) electrons. The minimum Gasteiger partial charge on any atom is -0.350 e. The van der Waals surface area contributed by atoms with Crippen LogP contribution in [0.2, 0.25) is 5.02 Å². The lowest BCUT2D eigenvalue weighted by molar-refractivity contribution is -0.122. The van der Waals surface area contributed by atoms with Crippen molar-refractivity contribution in [2.75, 3.05) is 6.26 Å². The lowest BCUT2D eigenvalue weighted by Crippen LogP contribution is -2.34. The highest BCUT2D eigenvalue weighted by Crippen LogP contribution is 2.20. The maximum Gasteiger partial charge on any atom is 0.222 e. The van der Waals surface area contributed by atoms with E-state index < -0.39 is 21.9 Å². The fourth-order valence-electron chi connectivity index (χ4n) is 2.50. The number of amides is 1. The van der Waals surface area contributed by atoms with Crippen LogP contribution in [-0.2, 0) is 14.8 Å². The van der Waals surface area contributed by atoms with Crippen molar-refractivity contribution in [2.24, 2.45) is 0 Å². The van der Waals surface area contributed by atoms with Gasteiger partial charge < -0.3 is 5.32 Å². The summed E-state index contributed by atoms with van der Waals surface area (Å²) in [6.07, 6.45) is 0.897. The van der Waals surface area contributed by atoms with Crippen LogP contribution in [0.5, 0.6) is 0 Å². The Balaban J connectivity index is 2.10. The second-order valence-electron chi connectivity index (χ2n) is 6.04. The van der Waals surface area contributed by atoms with Crippen LogP contribution in [0.4, 0.5) is 4.39 Å². The molecule has 2 rings (SSSR count). The summed E-state index contributed by atoms with van der Waals surface area (Å²) in [6, 6.07) is 11.4. The summed E-state index contributed by atoms with van der Waals surface area (Å²) in [6.45, 7) is 1.82. The van der Waals surface area contributed by atoms with Crippen molar-refractivity contribution in [2.45, 2.75) is 25.4 Å². The minimum absolute atomic E-state index is 0.114. The number of carbonyl (C=O) groups excluding carboxylic acids is 1. The summed E-state index contributed by atoms with van der Waals surface area (Å²) in [5, 5.41) is 3.42.